The number of alkyl halides is 4. The van der Waals surface area contributed by atoms with Crippen molar-refractivity contribution in [3.05, 3.63) is 58.3 Å². The van der Waals surface area contributed by atoms with Gasteiger partial charge in [0.15, 0.2) is 5.82 Å². The van der Waals surface area contributed by atoms with Gasteiger partial charge in [-0.15, -0.1) is 11.3 Å². The zero-order valence-corrected chi connectivity index (χ0v) is 31.4. The third kappa shape index (κ3) is 6.16. The van der Waals surface area contributed by atoms with Gasteiger partial charge in [0.1, 0.15) is 64.7 Å². The van der Waals surface area contributed by atoms with Crippen molar-refractivity contribution in [3.63, 3.8) is 0 Å². The summed E-state index contributed by atoms with van der Waals surface area (Å²) in [5.41, 5.74) is 9.35. The van der Waals surface area contributed by atoms with Crippen molar-refractivity contribution in [2.24, 2.45) is 0 Å². The largest absolute Gasteiger partial charge is 0.490 e. The zero-order valence-electron chi connectivity index (χ0n) is 30.6. The van der Waals surface area contributed by atoms with Gasteiger partial charge < -0.3 is 30.7 Å². The molecular formula is C38H37F6N9O2S. The lowest BCUT2D eigenvalue weighted by Crippen LogP contribution is -2.43. The molecule has 3 atom stereocenters. The lowest BCUT2D eigenvalue weighted by molar-refractivity contribution is -0.138. The number of nitrogens with two attached hydrogens (primary N) is 2. The molecule has 0 aliphatic carbocycles. The number of aromatic nitrogens is 3. The maximum Gasteiger partial charge on any atom is 0.420 e. The highest BCUT2D eigenvalue weighted by Gasteiger charge is 2.50. The van der Waals surface area contributed by atoms with E-state index >= 15 is 22.0 Å². The van der Waals surface area contributed by atoms with Crippen molar-refractivity contribution in [1.29, 1.82) is 5.26 Å². The van der Waals surface area contributed by atoms with Crippen LogP contribution in [0.15, 0.2) is 24.4 Å². The van der Waals surface area contributed by atoms with E-state index in [-0.39, 0.29) is 76.4 Å². The van der Waals surface area contributed by atoms with E-state index in [0.717, 1.165) is 24.1 Å². The van der Waals surface area contributed by atoms with Crippen molar-refractivity contribution in [2.75, 3.05) is 63.3 Å². The molecular weight excluding hydrogens is 761 g/mol. The number of rotatable bonds is 8. The fourth-order valence-corrected chi connectivity index (χ4v) is 9.53. The van der Waals surface area contributed by atoms with Gasteiger partial charge in [0.2, 0.25) is 0 Å². The van der Waals surface area contributed by atoms with Crippen LogP contribution in [0.2, 0.25) is 0 Å². The molecule has 0 bridgehead atoms. The number of nitrogens with zero attached hydrogens (tertiary/aromatic N) is 7. The second-order valence-electron chi connectivity index (χ2n) is 14.8. The van der Waals surface area contributed by atoms with Crippen LogP contribution < -0.4 is 25.8 Å². The lowest BCUT2D eigenvalue weighted by atomic mass is 9.91. The second kappa shape index (κ2) is 13.8. The molecule has 0 unspecified atom stereocenters. The zero-order chi connectivity index (χ0) is 39.8. The molecule has 56 heavy (non-hydrogen) atoms. The highest BCUT2D eigenvalue weighted by atomic mass is 32.1. The van der Waals surface area contributed by atoms with Gasteiger partial charge in [-0.05, 0) is 63.7 Å². The summed E-state index contributed by atoms with van der Waals surface area (Å²) in [6.07, 6.45) is -3.01. The van der Waals surface area contributed by atoms with E-state index in [1.807, 2.05) is 36.0 Å². The molecule has 2 aromatic carbocycles. The standard InChI is InChI=1S/C38H37F6N9O2S/c1-18(22-11-19(15-51(2)3)14-48-33(22)46)53-9-10-54-31-27-30(49-36(50-35(27)53)55-17-37-7-4-8-52(37)16-20(39)12-37)29(41)26(28(31)38(42,43)44)21-5-6-24(40)32-25(21)23(13-45)34(47)56-32/h5-6,11,14,18,20H,4,7-10,12,15-17,47H2,1-3H3,(H2,46,48)/t18-,20-,37+/m1/s1. The molecule has 3 aliphatic heterocycles. The fraction of sp³-hybridized carbons (Fsp3) is 0.421. The van der Waals surface area contributed by atoms with Crippen molar-refractivity contribution in [3.8, 4) is 29.0 Å². The van der Waals surface area contributed by atoms with Gasteiger partial charge in [-0.1, -0.05) is 6.07 Å². The van der Waals surface area contributed by atoms with E-state index in [9.17, 15) is 9.65 Å². The monoisotopic (exact) mass is 797 g/mol. The smallest absolute Gasteiger partial charge is 0.420 e. The predicted octanol–water partition coefficient (Wildman–Crippen LogP) is 7.22. The molecule has 0 spiro atoms. The number of pyridine rings is 1. The van der Waals surface area contributed by atoms with Gasteiger partial charge in [0.05, 0.1) is 33.8 Å². The third-order valence-electron chi connectivity index (χ3n) is 11.0. The molecule has 4 N–H and O–H groups in total. The molecule has 11 nitrogen and oxygen atoms in total. The van der Waals surface area contributed by atoms with Crippen molar-refractivity contribution >= 4 is 49.0 Å². The third-order valence-corrected chi connectivity index (χ3v) is 12.0. The Bertz CT molecular complexity index is 2440. The van der Waals surface area contributed by atoms with Crippen molar-refractivity contribution in [2.45, 2.75) is 56.7 Å². The lowest BCUT2D eigenvalue weighted by Gasteiger charge is -2.32. The topological polar surface area (TPSA) is 143 Å². The number of anilines is 3. The van der Waals surface area contributed by atoms with Crippen LogP contribution in [0.1, 0.15) is 54.5 Å². The summed E-state index contributed by atoms with van der Waals surface area (Å²) in [5, 5.41) is 9.18. The molecule has 5 aromatic rings. The summed E-state index contributed by atoms with van der Waals surface area (Å²) in [6, 6.07) is 4.54. The summed E-state index contributed by atoms with van der Waals surface area (Å²) in [7, 11) is 3.77. The molecule has 0 amide bonds. The Balaban J connectivity index is 1.39. The minimum atomic E-state index is -5.24. The molecule has 8 rings (SSSR count). The number of fused-ring (bicyclic) bond motifs is 2. The number of halogens is 6. The van der Waals surface area contributed by atoms with E-state index < -0.39 is 63.5 Å². The van der Waals surface area contributed by atoms with E-state index in [1.54, 1.807) is 18.0 Å². The maximum absolute atomic E-state index is 17.5. The first-order valence-corrected chi connectivity index (χ1v) is 18.8. The van der Waals surface area contributed by atoms with Crippen LogP contribution in [-0.2, 0) is 12.7 Å². The number of nitriles is 1. The average molecular weight is 798 g/mol. The van der Waals surface area contributed by atoms with E-state index in [1.165, 1.54) is 0 Å². The molecule has 0 saturated carbocycles. The van der Waals surface area contributed by atoms with Gasteiger partial charge in [-0.2, -0.15) is 28.4 Å². The Morgan fingerprint density at radius 3 is 2.70 bits per heavy atom. The molecule has 294 valence electrons. The Kier molecular flexibility index (Phi) is 9.32. The van der Waals surface area contributed by atoms with Gasteiger partial charge >= 0.3 is 12.2 Å². The van der Waals surface area contributed by atoms with Gasteiger partial charge in [-0.25, -0.2) is 18.2 Å². The summed E-state index contributed by atoms with van der Waals surface area (Å²) >= 11 is 0.668. The van der Waals surface area contributed by atoms with Crippen LogP contribution in [0, 0.1) is 23.0 Å². The first kappa shape index (κ1) is 37.8. The summed E-state index contributed by atoms with van der Waals surface area (Å²) in [6.45, 7) is 2.82. The summed E-state index contributed by atoms with van der Waals surface area (Å²) in [4.78, 5) is 19.0. The predicted molar refractivity (Wildman–Crippen MR) is 200 cm³/mol. The maximum atomic E-state index is 17.5. The summed E-state index contributed by atoms with van der Waals surface area (Å²) < 4.78 is 106. The number of ether oxygens (including phenoxy) is 2. The Hall–Kier alpha value is -5.12. The average Bonchev–Trinajstić information content (AvgIpc) is 3.74. The van der Waals surface area contributed by atoms with Crippen LogP contribution in [-0.4, -0.2) is 83.4 Å². The number of benzene rings is 2. The molecule has 0 radical (unpaired) electrons. The number of hydrogen-bond acceptors (Lipinski definition) is 12. The molecule has 3 aliphatic rings. The van der Waals surface area contributed by atoms with Crippen LogP contribution >= 0.6 is 11.3 Å². The van der Waals surface area contributed by atoms with Crippen LogP contribution in [0.4, 0.5) is 43.0 Å². The minimum absolute atomic E-state index is 0.0331. The highest BCUT2D eigenvalue weighted by molar-refractivity contribution is 7.23. The van der Waals surface area contributed by atoms with Gasteiger partial charge in [0, 0.05) is 42.2 Å². The molecule has 2 fully saturated rings. The van der Waals surface area contributed by atoms with Crippen molar-refractivity contribution < 1.29 is 35.8 Å². The minimum Gasteiger partial charge on any atom is -0.490 e. The summed E-state index contributed by atoms with van der Waals surface area (Å²) in [5.74, 6) is -2.96. The van der Waals surface area contributed by atoms with Crippen LogP contribution in [0.3, 0.4) is 0 Å². The van der Waals surface area contributed by atoms with Crippen molar-refractivity contribution in [1.82, 2.24) is 24.8 Å². The van der Waals surface area contributed by atoms with Gasteiger partial charge in [-0.3, -0.25) is 4.90 Å². The first-order chi connectivity index (χ1) is 26.6. The van der Waals surface area contributed by atoms with E-state index in [2.05, 4.69) is 15.0 Å². The molecule has 3 aromatic heterocycles. The van der Waals surface area contributed by atoms with E-state index in [4.69, 9.17) is 20.9 Å². The quantitative estimate of drug-likeness (QED) is 0.154. The van der Waals surface area contributed by atoms with Crippen LogP contribution in [0.25, 0.3) is 32.1 Å². The first-order valence-electron chi connectivity index (χ1n) is 18.0. The fourth-order valence-electron chi connectivity index (χ4n) is 8.58. The van der Waals surface area contributed by atoms with E-state index in [0.29, 0.717) is 36.4 Å². The van der Waals surface area contributed by atoms with Crippen LogP contribution in [0.5, 0.6) is 11.8 Å². The second-order valence-corrected chi connectivity index (χ2v) is 15.9. The number of thiophene rings is 1. The molecule has 6 heterocycles. The number of hydrogen-bond donors (Lipinski definition) is 2. The molecule has 18 heteroatoms. The Morgan fingerprint density at radius 2 is 1.96 bits per heavy atom. The molecule has 2 saturated heterocycles. The van der Waals surface area contributed by atoms with Gasteiger partial charge in [0.25, 0.3) is 0 Å². The normalized spacial score (nSPS) is 20.4. The number of nitrogen functional groups attached to an aromatic ring is 2. The Labute approximate surface area is 321 Å². The Morgan fingerprint density at radius 1 is 1.18 bits per heavy atom. The SMILES string of the molecule is C[C@H](c1cc(CN(C)C)cnc1N)N1CCOc2c(C(F)(F)F)c(-c3ccc(F)c4sc(N)c(C#N)c34)c(F)c3nc(OC[C@@]45CCCN4C[C@H](F)C5)nc1c23. The highest BCUT2D eigenvalue weighted by Crippen LogP contribution is 2.54.